The van der Waals surface area contributed by atoms with Crippen molar-refractivity contribution in [3.05, 3.63) is 41.2 Å². The Labute approximate surface area is 170 Å². The molecule has 0 aliphatic heterocycles. The molecule has 0 atom stereocenters. The van der Waals surface area contributed by atoms with Gasteiger partial charge in [0.25, 0.3) is 0 Å². The predicted octanol–water partition coefficient (Wildman–Crippen LogP) is 2.19. The van der Waals surface area contributed by atoms with Crippen LogP contribution in [0.1, 0.15) is 22.9 Å². The average molecular weight is 475 g/mol. The molecular weight excluding hydrogens is 449 g/mol. The van der Waals surface area contributed by atoms with Crippen LogP contribution in [0.3, 0.4) is 0 Å². The topological polar surface area (TPSA) is 93.8 Å². The molecular formula is C17H26IN5O3. The lowest BCUT2D eigenvalue weighted by molar-refractivity contribution is 0.143. The molecule has 2 N–H and O–H groups in total. The Kier molecular flexibility index (Phi) is 9.96. The molecule has 0 bridgehead atoms. The molecule has 2 aromatic rings. The van der Waals surface area contributed by atoms with E-state index in [4.69, 9.17) is 13.9 Å². The van der Waals surface area contributed by atoms with Gasteiger partial charge in [-0.2, -0.15) is 0 Å². The van der Waals surface area contributed by atoms with Gasteiger partial charge in [-0.1, -0.05) is 6.07 Å². The summed E-state index contributed by atoms with van der Waals surface area (Å²) in [5.41, 5.74) is 1.92. The second-order valence-corrected chi connectivity index (χ2v) is 5.37. The maximum Gasteiger partial charge on any atom is 0.214 e. The molecule has 0 unspecified atom stereocenters. The number of aromatic nitrogens is 2. The van der Waals surface area contributed by atoms with Crippen molar-refractivity contribution in [3.8, 4) is 5.88 Å². The molecule has 0 aliphatic rings. The second-order valence-electron chi connectivity index (χ2n) is 5.37. The van der Waals surface area contributed by atoms with Crippen molar-refractivity contribution in [3.63, 3.8) is 0 Å². The smallest absolute Gasteiger partial charge is 0.214 e. The van der Waals surface area contributed by atoms with E-state index in [9.17, 15) is 0 Å². The quantitative estimate of drug-likeness (QED) is 0.262. The molecule has 0 fully saturated rings. The number of methoxy groups -OCH3 is 1. The predicted molar refractivity (Wildman–Crippen MR) is 110 cm³/mol. The van der Waals surface area contributed by atoms with Gasteiger partial charge in [-0.05, 0) is 19.4 Å². The second kappa shape index (κ2) is 11.7. The molecule has 0 saturated carbocycles. The fourth-order valence-electron chi connectivity index (χ4n) is 2.01. The number of rotatable bonds is 8. The Balaban J connectivity index is 0.00000338. The first-order valence-corrected chi connectivity index (χ1v) is 8.06. The van der Waals surface area contributed by atoms with Gasteiger partial charge in [0.1, 0.15) is 12.4 Å². The molecule has 0 saturated heterocycles. The normalized spacial score (nSPS) is 11.0. The van der Waals surface area contributed by atoms with Crippen LogP contribution in [-0.2, 0) is 17.8 Å². The van der Waals surface area contributed by atoms with E-state index < -0.39 is 0 Å². The van der Waals surface area contributed by atoms with Crippen LogP contribution in [-0.4, -0.2) is 43.3 Å². The highest BCUT2D eigenvalue weighted by molar-refractivity contribution is 14.0. The first-order chi connectivity index (χ1) is 12.1. The first-order valence-electron chi connectivity index (χ1n) is 8.06. The minimum atomic E-state index is 0. The van der Waals surface area contributed by atoms with E-state index in [1.165, 1.54) is 0 Å². The van der Waals surface area contributed by atoms with Gasteiger partial charge in [0, 0.05) is 33.0 Å². The molecule has 2 aromatic heterocycles. The highest BCUT2D eigenvalue weighted by Crippen LogP contribution is 2.08. The third-order valence-electron chi connectivity index (χ3n) is 3.50. The maximum absolute atomic E-state index is 5.54. The molecule has 2 rings (SSSR count). The highest BCUT2D eigenvalue weighted by Gasteiger charge is 2.06. The van der Waals surface area contributed by atoms with Crippen molar-refractivity contribution in [1.82, 2.24) is 20.6 Å². The summed E-state index contributed by atoms with van der Waals surface area (Å²) in [5.74, 6) is 2.71. The zero-order valence-electron chi connectivity index (χ0n) is 15.5. The van der Waals surface area contributed by atoms with Crippen LogP contribution in [0.4, 0.5) is 0 Å². The van der Waals surface area contributed by atoms with Gasteiger partial charge >= 0.3 is 0 Å². The number of aryl methyl sites for hydroxylation is 2. The summed E-state index contributed by atoms with van der Waals surface area (Å²) in [7, 11) is 3.35. The number of aliphatic imine (C=N–C) groups is 1. The van der Waals surface area contributed by atoms with Crippen molar-refractivity contribution in [2.24, 2.45) is 4.99 Å². The maximum atomic E-state index is 5.54. The van der Waals surface area contributed by atoms with E-state index in [2.05, 4.69) is 25.6 Å². The summed E-state index contributed by atoms with van der Waals surface area (Å²) in [6, 6.07) is 3.79. The number of nitrogens with one attached hydrogen (secondary N) is 2. The standard InChI is InChI=1S/C17H25N5O3.HI/c1-12-13(2)25-16(22-12)11-21-17(18-3)20-10-14-5-6-15(19-9-14)24-8-7-23-4;/h5-6,9H,7-8,10-11H2,1-4H3,(H2,18,20,21);1H. The summed E-state index contributed by atoms with van der Waals surface area (Å²) in [6.07, 6.45) is 1.77. The summed E-state index contributed by atoms with van der Waals surface area (Å²) < 4.78 is 15.9. The van der Waals surface area contributed by atoms with Crippen LogP contribution in [0.2, 0.25) is 0 Å². The van der Waals surface area contributed by atoms with Gasteiger partial charge in [0.15, 0.2) is 5.96 Å². The summed E-state index contributed by atoms with van der Waals surface area (Å²) in [5, 5.41) is 6.38. The summed E-state index contributed by atoms with van der Waals surface area (Å²) in [6.45, 7) is 5.90. The molecule has 0 aromatic carbocycles. The number of oxazole rings is 1. The molecule has 0 amide bonds. The number of guanidine groups is 1. The summed E-state index contributed by atoms with van der Waals surface area (Å²) >= 11 is 0. The van der Waals surface area contributed by atoms with Gasteiger partial charge in [0.05, 0.1) is 18.8 Å². The van der Waals surface area contributed by atoms with E-state index >= 15 is 0 Å². The third-order valence-corrected chi connectivity index (χ3v) is 3.50. The van der Waals surface area contributed by atoms with E-state index in [0.29, 0.717) is 44.0 Å². The van der Waals surface area contributed by atoms with Gasteiger partial charge < -0.3 is 24.5 Å². The van der Waals surface area contributed by atoms with E-state index in [1.807, 2.05) is 26.0 Å². The first kappa shape index (κ1) is 22.2. The van der Waals surface area contributed by atoms with Crippen molar-refractivity contribution in [2.45, 2.75) is 26.9 Å². The fraction of sp³-hybridized carbons (Fsp3) is 0.471. The molecule has 0 radical (unpaired) electrons. The zero-order chi connectivity index (χ0) is 18.1. The van der Waals surface area contributed by atoms with Crippen molar-refractivity contribution in [1.29, 1.82) is 0 Å². The van der Waals surface area contributed by atoms with Crippen molar-refractivity contribution < 1.29 is 13.9 Å². The minimum absolute atomic E-state index is 0. The minimum Gasteiger partial charge on any atom is -0.475 e. The van der Waals surface area contributed by atoms with Crippen LogP contribution in [0.5, 0.6) is 5.88 Å². The SMILES string of the molecule is CN=C(NCc1ccc(OCCOC)nc1)NCc1nc(C)c(C)o1.I. The monoisotopic (exact) mass is 475 g/mol. The average Bonchev–Trinajstić information content (AvgIpc) is 2.94. The molecule has 0 spiro atoms. The van der Waals surface area contributed by atoms with E-state index in [-0.39, 0.29) is 24.0 Å². The van der Waals surface area contributed by atoms with Crippen LogP contribution >= 0.6 is 24.0 Å². The van der Waals surface area contributed by atoms with E-state index in [0.717, 1.165) is 17.0 Å². The fourth-order valence-corrected chi connectivity index (χ4v) is 2.01. The lowest BCUT2D eigenvalue weighted by atomic mass is 10.3. The van der Waals surface area contributed by atoms with Crippen molar-refractivity contribution in [2.75, 3.05) is 27.4 Å². The van der Waals surface area contributed by atoms with Gasteiger partial charge in [-0.25, -0.2) is 9.97 Å². The Morgan fingerprint density at radius 3 is 2.54 bits per heavy atom. The Morgan fingerprint density at radius 1 is 1.19 bits per heavy atom. The van der Waals surface area contributed by atoms with Crippen LogP contribution in [0.25, 0.3) is 0 Å². The number of hydrogen-bond acceptors (Lipinski definition) is 6. The van der Waals surface area contributed by atoms with Crippen molar-refractivity contribution >= 4 is 29.9 Å². The highest BCUT2D eigenvalue weighted by atomic mass is 127. The molecule has 0 aliphatic carbocycles. The van der Waals surface area contributed by atoms with Crippen LogP contribution in [0.15, 0.2) is 27.7 Å². The molecule has 2 heterocycles. The Morgan fingerprint density at radius 2 is 1.96 bits per heavy atom. The molecule has 26 heavy (non-hydrogen) atoms. The molecule has 9 heteroatoms. The number of hydrogen-bond donors (Lipinski definition) is 2. The molecule has 8 nitrogen and oxygen atoms in total. The lowest BCUT2D eigenvalue weighted by Gasteiger charge is -2.11. The van der Waals surface area contributed by atoms with Gasteiger partial charge in [0.2, 0.25) is 11.8 Å². The van der Waals surface area contributed by atoms with Gasteiger partial charge in [-0.15, -0.1) is 24.0 Å². The van der Waals surface area contributed by atoms with Crippen LogP contribution in [0, 0.1) is 13.8 Å². The third kappa shape index (κ3) is 7.16. The Bertz CT molecular complexity index is 669. The lowest BCUT2D eigenvalue weighted by Crippen LogP contribution is -2.36. The van der Waals surface area contributed by atoms with Crippen LogP contribution < -0.4 is 15.4 Å². The number of ether oxygens (including phenoxy) is 2. The number of halogens is 1. The largest absolute Gasteiger partial charge is 0.475 e. The summed E-state index contributed by atoms with van der Waals surface area (Å²) in [4.78, 5) is 12.8. The van der Waals surface area contributed by atoms with Gasteiger partial charge in [-0.3, -0.25) is 4.99 Å². The number of nitrogens with zero attached hydrogens (tertiary/aromatic N) is 3. The molecule has 144 valence electrons. The van der Waals surface area contributed by atoms with E-state index in [1.54, 1.807) is 20.4 Å². The zero-order valence-corrected chi connectivity index (χ0v) is 17.9. The number of pyridine rings is 1. The Hall–Kier alpha value is -1.88.